The fraction of sp³-hybridized carbons (Fsp3) is 0.462. The van der Waals surface area contributed by atoms with Crippen molar-refractivity contribution < 1.29 is 18.3 Å². The normalized spacial score (nSPS) is 11.0. The molecule has 0 fully saturated rings. The molecule has 2 aromatic rings. The van der Waals surface area contributed by atoms with Gasteiger partial charge in [-0.1, -0.05) is 0 Å². The molecule has 0 atom stereocenters. The molecule has 0 saturated heterocycles. The molecule has 0 unspecified atom stereocenters. The van der Waals surface area contributed by atoms with Crippen LogP contribution in [0.1, 0.15) is 40.9 Å². The Hall–Kier alpha value is -2.10. The maximum atomic E-state index is 12.8. The molecule has 0 aliphatic carbocycles. The average Bonchev–Trinajstić information content (AvgIpc) is 2.92. The first-order chi connectivity index (χ1) is 11.0. The number of carbonyl (C=O) groups excluding carboxylic acids is 1. The predicted molar refractivity (Wildman–Crippen MR) is 78.9 cm³/mol. The number of tetrazole rings is 1. The van der Waals surface area contributed by atoms with Crippen LogP contribution in [0.25, 0.3) is 0 Å². The van der Waals surface area contributed by atoms with Crippen LogP contribution in [0.15, 0.2) is 12.1 Å². The molecule has 124 valence electrons. The fourth-order valence-electron chi connectivity index (χ4n) is 1.76. The molecule has 10 heteroatoms. The van der Waals surface area contributed by atoms with Gasteiger partial charge in [-0.2, -0.15) is 4.80 Å². The summed E-state index contributed by atoms with van der Waals surface area (Å²) in [5, 5.41) is 11.5. The number of thioether (sulfide) groups is 1. The summed E-state index contributed by atoms with van der Waals surface area (Å²) in [6.07, 6.45) is -2.70. The highest BCUT2D eigenvalue weighted by Crippen LogP contribution is 2.23. The summed E-state index contributed by atoms with van der Waals surface area (Å²) in [5.41, 5.74) is 0.0808. The minimum Gasteiger partial charge on any atom is -0.462 e. The lowest BCUT2D eigenvalue weighted by Crippen LogP contribution is -2.10. The van der Waals surface area contributed by atoms with Crippen molar-refractivity contribution in [3.05, 3.63) is 34.9 Å². The Morgan fingerprint density at radius 2 is 2.17 bits per heavy atom. The molecule has 0 aliphatic heterocycles. The fourth-order valence-corrected chi connectivity index (χ4v) is 2.58. The highest BCUT2D eigenvalue weighted by Gasteiger charge is 2.18. The number of rotatable bonds is 7. The molecule has 0 N–H and O–H groups in total. The zero-order chi connectivity index (χ0) is 16.8. The van der Waals surface area contributed by atoms with Crippen LogP contribution >= 0.6 is 11.8 Å². The quantitative estimate of drug-likeness (QED) is 0.712. The van der Waals surface area contributed by atoms with Gasteiger partial charge in [0.2, 0.25) is 0 Å². The lowest BCUT2D eigenvalue weighted by atomic mass is 10.2. The van der Waals surface area contributed by atoms with Gasteiger partial charge in [0.25, 0.3) is 6.43 Å². The van der Waals surface area contributed by atoms with Gasteiger partial charge in [-0.3, -0.25) is 4.98 Å². The summed E-state index contributed by atoms with van der Waals surface area (Å²) in [6, 6.07) is 2.46. The zero-order valence-electron chi connectivity index (χ0n) is 12.6. The summed E-state index contributed by atoms with van der Waals surface area (Å²) in [7, 11) is 1.65. The maximum absolute atomic E-state index is 12.8. The van der Waals surface area contributed by atoms with Gasteiger partial charge in [0.15, 0.2) is 5.82 Å². The highest BCUT2D eigenvalue weighted by atomic mass is 32.2. The van der Waals surface area contributed by atoms with Crippen molar-refractivity contribution in [3.8, 4) is 0 Å². The second-order valence-corrected chi connectivity index (χ2v) is 5.43. The van der Waals surface area contributed by atoms with Gasteiger partial charge >= 0.3 is 5.97 Å². The number of aryl methyl sites for hydroxylation is 1. The standard InChI is InChI=1S/C13H15F2N5O2S/c1-3-22-13(21)8-4-5-9(12(14)15)16-10(8)6-23-7-11-17-19-20(2)18-11/h4-5,12H,3,6-7H2,1-2H3. The molecule has 0 aliphatic rings. The molecule has 0 saturated carbocycles. The third-order valence-corrected chi connectivity index (χ3v) is 3.67. The Morgan fingerprint density at radius 3 is 2.78 bits per heavy atom. The zero-order valence-corrected chi connectivity index (χ0v) is 13.4. The van der Waals surface area contributed by atoms with Gasteiger partial charge in [-0.05, 0) is 24.3 Å². The summed E-state index contributed by atoms with van der Waals surface area (Å²) < 4.78 is 30.5. The van der Waals surface area contributed by atoms with Crippen molar-refractivity contribution in [3.63, 3.8) is 0 Å². The molecular formula is C13H15F2N5O2S. The maximum Gasteiger partial charge on any atom is 0.340 e. The van der Waals surface area contributed by atoms with Gasteiger partial charge in [0, 0.05) is 5.75 Å². The van der Waals surface area contributed by atoms with E-state index in [0.29, 0.717) is 11.6 Å². The third kappa shape index (κ3) is 4.68. The Morgan fingerprint density at radius 1 is 1.39 bits per heavy atom. The van der Waals surface area contributed by atoms with Crippen molar-refractivity contribution in [2.75, 3.05) is 6.61 Å². The first kappa shape index (κ1) is 17.3. The Balaban J connectivity index is 2.12. The van der Waals surface area contributed by atoms with Gasteiger partial charge in [0.05, 0.1) is 30.7 Å². The lowest BCUT2D eigenvalue weighted by Gasteiger charge is -2.09. The number of hydrogen-bond donors (Lipinski definition) is 0. The van der Waals surface area contributed by atoms with Crippen LogP contribution in [-0.2, 0) is 23.3 Å². The molecule has 0 amide bonds. The Bertz CT molecular complexity index is 680. The molecule has 0 bridgehead atoms. The van der Waals surface area contributed by atoms with E-state index < -0.39 is 12.4 Å². The van der Waals surface area contributed by atoms with Crippen LogP contribution in [0.4, 0.5) is 8.78 Å². The van der Waals surface area contributed by atoms with Crippen LogP contribution in [0, 0.1) is 0 Å². The number of ether oxygens (including phenoxy) is 1. The molecular weight excluding hydrogens is 328 g/mol. The molecule has 0 radical (unpaired) electrons. The first-order valence-electron chi connectivity index (χ1n) is 6.77. The van der Waals surface area contributed by atoms with Gasteiger partial charge in [-0.15, -0.1) is 22.0 Å². The van der Waals surface area contributed by atoms with Crippen LogP contribution in [-0.4, -0.2) is 37.8 Å². The van der Waals surface area contributed by atoms with Gasteiger partial charge in [0.1, 0.15) is 5.69 Å². The number of hydrogen-bond acceptors (Lipinski definition) is 7. The summed E-state index contributed by atoms with van der Waals surface area (Å²) in [6.45, 7) is 1.87. The Labute approximate surface area is 135 Å². The van der Waals surface area contributed by atoms with Crippen molar-refractivity contribution in [1.82, 2.24) is 25.2 Å². The minimum atomic E-state index is -2.70. The molecule has 0 aromatic carbocycles. The summed E-state index contributed by atoms with van der Waals surface area (Å²) >= 11 is 1.35. The molecule has 0 spiro atoms. The average molecular weight is 343 g/mol. The second-order valence-electron chi connectivity index (χ2n) is 4.44. The topological polar surface area (TPSA) is 82.8 Å². The van der Waals surface area contributed by atoms with Crippen LogP contribution in [0.3, 0.4) is 0 Å². The molecule has 2 aromatic heterocycles. The van der Waals surface area contributed by atoms with Crippen molar-refractivity contribution in [2.45, 2.75) is 24.9 Å². The van der Waals surface area contributed by atoms with Crippen molar-refractivity contribution >= 4 is 17.7 Å². The van der Waals surface area contributed by atoms with Crippen LogP contribution in [0.2, 0.25) is 0 Å². The highest BCUT2D eigenvalue weighted by molar-refractivity contribution is 7.97. The third-order valence-electron chi connectivity index (χ3n) is 2.73. The van der Waals surface area contributed by atoms with E-state index in [0.717, 1.165) is 6.07 Å². The summed E-state index contributed by atoms with van der Waals surface area (Å²) in [4.78, 5) is 17.1. The molecule has 2 heterocycles. The van der Waals surface area contributed by atoms with Crippen molar-refractivity contribution in [2.24, 2.45) is 7.05 Å². The van der Waals surface area contributed by atoms with E-state index in [9.17, 15) is 13.6 Å². The largest absolute Gasteiger partial charge is 0.462 e. The molecule has 7 nitrogen and oxygen atoms in total. The van der Waals surface area contributed by atoms with E-state index in [1.54, 1.807) is 14.0 Å². The van der Waals surface area contributed by atoms with Crippen LogP contribution < -0.4 is 0 Å². The van der Waals surface area contributed by atoms with E-state index in [4.69, 9.17) is 4.74 Å². The molecule has 2 rings (SSSR count). The molecule has 23 heavy (non-hydrogen) atoms. The Kier molecular flexibility index (Phi) is 5.97. The van der Waals surface area contributed by atoms with E-state index in [1.165, 1.54) is 22.6 Å². The SMILES string of the molecule is CCOC(=O)c1ccc(C(F)F)nc1CSCc1nnn(C)n1. The van der Waals surface area contributed by atoms with Gasteiger partial charge < -0.3 is 4.74 Å². The first-order valence-corrected chi connectivity index (χ1v) is 7.92. The lowest BCUT2D eigenvalue weighted by molar-refractivity contribution is 0.0524. The van der Waals surface area contributed by atoms with Crippen LogP contribution in [0.5, 0.6) is 0 Å². The smallest absolute Gasteiger partial charge is 0.340 e. The monoisotopic (exact) mass is 343 g/mol. The number of aromatic nitrogens is 5. The van der Waals surface area contributed by atoms with Gasteiger partial charge in [-0.25, -0.2) is 13.6 Å². The second kappa shape index (κ2) is 7.95. The summed E-state index contributed by atoms with van der Waals surface area (Å²) in [5.74, 6) is 0.623. The van der Waals surface area contributed by atoms with E-state index in [2.05, 4.69) is 20.4 Å². The number of carbonyl (C=O) groups is 1. The predicted octanol–water partition coefficient (Wildman–Crippen LogP) is 2.15. The number of pyridine rings is 1. The van der Waals surface area contributed by atoms with E-state index >= 15 is 0 Å². The number of halogens is 2. The number of nitrogens with zero attached hydrogens (tertiary/aromatic N) is 5. The van der Waals surface area contributed by atoms with Crippen molar-refractivity contribution in [1.29, 1.82) is 0 Å². The number of esters is 1. The minimum absolute atomic E-state index is 0.191. The number of alkyl halides is 2. The van der Waals surface area contributed by atoms with E-state index in [1.807, 2.05) is 0 Å². The van der Waals surface area contributed by atoms with E-state index in [-0.39, 0.29) is 29.3 Å².